The topological polar surface area (TPSA) is 65.1 Å². The van der Waals surface area contributed by atoms with Crippen LogP contribution < -0.4 is 5.32 Å². The summed E-state index contributed by atoms with van der Waals surface area (Å²) in [6, 6.07) is 1.53. The number of aliphatic hydroxyl groups is 1. The molecule has 0 bridgehead atoms. The van der Waals surface area contributed by atoms with Gasteiger partial charge >= 0.3 is 0 Å². The Morgan fingerprint density at radius 2 is 2.11 bits per heavy atom. The fraction of sp³-hybridized carbons (Fsp3) is 0.615. The van der Waals surface area contributed by atoms with Crippen molar-refractivity contribution in [2.24, 2.45) is 5.92 Å². The highest BCUT2D eigenvalue weighted by molar-refractivity contribution is 6.41. The molecular formula is C13H18Cl2N2O2. The van der Waals surface area contributed by atoms with Gasteiger partial charge in [-0.25, -0.2) is 0 Å². The first kappa shape index (κ1) is 14.7. The lowest BCUT2D eigenvalue weighted by atomic mass is 9.95. The van der Waals surface area contributed by atoms with Gasteiger partial charge in [-0.3, -0.25) is 4.79 Å². The lowest BCUT2D eigenvalue weighted by Crippen LogP contribution is -2.41. The summed E-state index contributed by atoms with van der Waals surface area (Å²) in [6.07, 6.45) is 5.20. The van der Waals surface area contributed by atoms with Crippen LogP contribution in [0.5, 0.6) is 0 Å². The molecule has 1 aliphatic carbocycles. The fourth-order valence-corrected chi connectivity index (χ4v) is 2.88. The van der Waals surface area contributed by atoms with Crippen LogP contribution in [0.4, 0.5) is 0 Å². The molecule has 1 heterocycles. The van der Waals surface area contributed by atoms with Crippen molar-refractivity contribution in [2.75, 3.05) is 6.61 Å². The summed E-state index contributed by atoms with van der Waals surface area (Å²) < 4.78 is 0. The zero-order chi connectivity index (χ0) is 13.8. The first-order valence-electron chi connectivity index (χ1n) is 6.57. The average Bonchev–Trinajstić information content (AvgIpc) is 2.62. The molecule has 1 fully saturated rings. The van der Waals surface area contributed by atoms with E-state index in [1.54, 1.807) is 0 Å². The number of nitrogens with one attached hydrogen (secondary N) is 2. The number of H-pyrrole nitrogens is 1. The molecule has 0 aliphatic heterocycles. The molecule has 1 aliphatic rings. The Kier molecular flexibility index (Phi) is 5.13. The maximum Gasteiger partial charge on any atom is 0.268 e. The SMILES string of the molecule is O=C(NC1CCCCCC1CO)c1cc(Cl)c(Cl)[nH]1. The lowest BCUT2D eigenvalue weighted by Gasteiger charge is -2.24. The number of hydrogen-bond donors (Lipinski definition) is 3. The van der Waals surface area contributed by atoms with Crippen molar-refractivity contribution in [3.05, 3.63) is 21.9 Å². The second kappa shape index (κ2) is 6.64. The third-order valence-corrected chi connectivity index (χ3v) is 4.37. The summed E-state index contributed by atoms with van der Waals surface area (Å²) in [5.41, 5.74) is 0.357. The minimum Gasteiger partial charge on any atom is -0.396 e. The molecule has 19 heavy (non-hydrogen) atoms. The molecule has 4 nitrogen and oxygen atoms in total. The van der Waals surface area contributed by atoms with Gasteiger partial charge in [0, 0.05) is 18.6 Å². The minimum absolute atomic E-state index is 0.0147. The number of carbonyl (C=O) groups excluding carboxylic acids is 1. The maximum absolute atomic E-state index is 12.1. The smallest absolute Gasteiger partial charge is 0.268 e. The molecule has 0 spiro atoms. The standard InChI is InChI=1S/C13H18Cl2N2O2/c14-9-6-11(16-12(9)15)13(19)17-10-5-3-1-2-4-8(10)7-18/h6,8,10,16,18H,1-5,7H2,(H,17,19). The van der Waals surface area contributed by atoms with Crippen LogP contribution >= 0.6 is 23.2 Å². The van der Waals surface area contributed by atoms with Crippen LogP contribution in [0.2, 0.25) is 10.2 Å². The largest absolute Gasteiger partial charge is 0.396 e. The molecule has 1 aromatic rings. The van der Waals surface area contributed by atoms with Crippen LogP contribution in [0.15, 0.2) is 6.07 Å². The van der Waals surface area contributed by atoms with Gasteiger partial charge < -0.3 is 15.4 Å². The van der Waals surface area contributed by atoms with E-state index in [2.05, 4.69) is 10.3 Å². The third-order valence-electron chi connectivity index (χ3n) is 3.68. The van der Waals surface area contributed by atoms with E-state index in [1.165, 1.54) is 6.07 Å². The van der Waals surface area contributed by atoms with Gasteiger partial charge in [0.2, 0.25) is 0 Å². The van der Waals surface area contributed by atoms with Crippen molar-refractivity contribution < 1.29 is 9.90 Å². The predicted octanol–water partition coefficient (Wildman–Crippen LogP) is 2.99. The van der Waals surface area contributed by atoms with Gasteiger partial charge in [0.25, 0.3) is 5.91 Å². The van der Waals surface area contributed by atoms with Crippen LogP contribution in [-0.4, -0.2) is 28.6 Å². The normalized spacial score (nSPS) is 23.9. The second-order valence-electron chi connectivity index (χ2n) is 5.01. The Labute approximate surface area is 122 Å². The van der Waals surface area contributed by atoms with Gasteiger partial charge in [0.1, 0.15) is 10.8 Å². The summed E-state index contributed by atoms with van der Waals surface area (Å²) in [5.74, 6) is -0.0912. The Balaban J connectivity index is 2.03. The van der Waals surface area contributed by atoms with Gasteiger partial charge in [-0.2, -0.15) is 0 Å². The first-order chi connectivity index (χ1) is 9.11. The molecule has 0 aromatic carbocycles. The van der Waals surface area contributed by atoms with E-state index in [-0.39, 0.29) is 29.6 Å². The van der Waals surface area contributed by atoms with Gasteiger partial charge in [-0.15, -0.1) is 0 Å². The number of hydrogen-bond acceptors (Lipinski definition) is 2. The Hall–Kier alpha value is -0.710. The van der Waals surface area contributed by atoms with Gasteiger partial charge in [-0.05, 0) is 18.9 Å². The van der Waals surface area contributed by atoms with E-state index in [0.29, 0.717) is 10.7 Å². The number of aromatic nitrogens is 1. The van der Waals surface area contributed by atoms with E-state index < -0.39 is 0 Å². The Bertz CT molecular complexity index is 428. The number of aliphatic hydroxyl groups excluding tert-OH is 1. The summed E-state index contributed by atoms with van der Waals surface area (Å²) in [4.78, 5) is 14.9. The molecule has 1 aromatic heterocycles. The zero-order valence-electron chi connectivity index (χ0n) is 10.6. The van der Waals surface area contributed by atoms with E-state index in [4.69, 9.17) is 23.2 Å². The lowest BCUT2D eigenvalue weighted by molar-refractivity contribution is 0.0895. The first-order valence-corrected chi connectivity index (χ1v) is 7.33. The van der Waals surface area contributed by atoms with Crippen molar-refractivity contribution in [1.29, 1.82) is 0 Å². The fourth-order valence-electron chi connectivity index (χ4n) is 2.57. The maximum atomic E-state index is 12.1. The predicted molar refractivity (Wildman–Crippen MR) is 75.7 cm³/mol. The highest BCUT2D eigenvalue weighted by Gasteiger charge is 2.25. The van der Waals surface area contributed by atoms with Crippen molar-refractivity contribution >= 4 is 29.1 Å². The Morgan fingerprint density at radius 1 is 1.37 bits per heavy atom. The van der Waals surface area contributed by atoms with E-state index in [1.807, 2.05) is 0 Å². The van der Waals surface area contributed by atoms with Gasteiger partial charge in [0.05, 0.1) is 5.02 Å². The van der Waals surface area contributed by atoms with Crippen molar-refractivity contribution in [2.45, 2.75) is 38.1 Å². The van der Waals surface area contributed by atoms with Crippen molar-refractivity contribution in [3.8, 4) is 0 Å². The summed E-state index contributed by atoms with van der Waals surface area (Å²) >= 11 is 11.6. The van der Waals surface area contributed by atoms with Crippen LogP contribution in [0.1, 0.15) is 42.6 Å². The quantitative estimate of drug-likeness (QED) is 0.752. The molecule has 106 valence electrons. The summed E-state index contributed by atoms with van der Waals surface area (Å²) in [5, 5.41) is 13.0. The highest BCUT2D eigenvalue weighted by Crippen LogP contribution is 2.25. The molecule has 2 atom stereocenters. The molecule has 1 saturated carbocycles. The minimum atomic E-state index is -0.223. The highest BCUT2D eigenvalue weighted by atomic mass is 35.5. The Morgan fingerprint density at radius 3 is 2.74 bits per heavy atom. The molecular weight excluding hydrogens is 287 g/mol. The molecule has 2 rings (SSSR count). The number of amides is 1. The third kappa shape index (κ3) is 3.65. The monoisotopic (exact) mass is 304 g/mol. The van der Waals surface area contributed by atoms with E-state index in [0.717, 1.165) is 32.1 Å². The second-order valence-corrected chi connectivity index (χ2v) is 5.79. The zero-order valence-corrected chi connectivity index (χ0v) is 12.1. The van der Waals surface area contributed by atoms with Gasteiger partial charge in [-0.1, -0.05) is 42.5 Å². The molecule has 0 saturated heterocycles. The molecule has 1 amide bonds. The molecule has 3 N–H and O–H groups in total. The van der Waals surface area contributed by atoms with Crippen LogP contribution in [0, 0.1) is 5.92 Å². The van der Waals surface area contributed by atoms with Gasteiger partial charge in [0.15, 0.2) is 0 Å². The van der Waals surface area contributed by atoms with Crippen LogP contribution in [0.3, 0.4) is 0 Å². The van der Waals surface area contributed by atoms with Crippen molar-refractivity contribution in [1.82, 2.24) is 10.3 Å². The van der Waals surface area contributed by atoms with E-state index >= 15 is 0 Å². The van der Waals surface area contributed by atoms with Crippen molar-refractivity contribution in [3.63, 3.8) is 0 Å². The van der Waals surface area contributed by atoms with Crippen LogP contribution in [0.25, 0.3) is 0 Å². The number of halogens is 2. The van der Waals surface area contributed by atoms with Crippen LogP contribution in [-0.2, 0) is 0 Å². The number of rotatable bonds is 3. The number of carbonyl (C=O) groups is 1. The summed E-state index contributed by atoms with van der Waals surface area (Å²) in [7, 11) is 0. The molecule has 6 heteroatoms. The molecule has 0 radical (unpaired) electrons. The van der Waals surface area contributed by atoms with E-state index in [9.17, 15) is 9.90 Å². The summed E-state index contributed by atoms with van der Waals surface area (Å²) in [6.45, 7) is 0.108. The number of aromatic amines is 1. The molecule has 2 unspecified atom stereocenters. The average molecular weight is 305 g/mol.